The number of carbonyl (C=O) groups excluding carboxylic acids is 8. The smallest absolute Gasteiger partial charge is 0.312 e. The van der Waals surface area contributed by atoms with Gasteiger partial charge >= 0.3 is 6.03 Å². The molecule has 2 aromatic carbocycles. The maximum atomic E-state index is 13.9. The number of nitrogens with one attached hydrogen (secondary N) is 9. The van der Waals surface area contributed by atoms with E-state index in [1.54, 1.807) is 42.5 Å². The summed E-state index contributed by atoms with van der Waals surface area (Å²) < 4.78 is 0. The summed E-state index contributed by atoms with van der Waals surface area (Å²) in [7, 11) is 0. The number of hydrogen-bond acceptors (Lipinski definition) is 11. The van der Waals surface area contributed by atoms with Crippen molar-refractivity contribution in [3.05, 3.63) is 65.7 Å². The molecule has 0 bridgehead atoms. The van der Waals surface area contributed by atoms with E-state index in [-0.39, 0.29) is 69.2 Å². The average molecular weight is 868 g/mol. The zero-order valence-electron chi connectivity index (χ0n) is 35.0. The molecule has 18 N–H and O–H groups in total. The standard InChI is InChI=1S/C40H61N13O9/c1-23(2)18-30(37(60)52-29(11-7-17-47-40(45)62)36(59)51-28(34(42)57)10-6-16-46-39(43)44)53-38(61)31(20-24-8-4-3-5-9-24)50-33(56)22-48-32(55)21-49-35(58)27(41)19-25-12-14-26(54)15-13-25/h3-5,8-9,12-15,23,27-31,54H,6-7,10-11,16-22,41H2,1-2H3,(H2,42,57)(H,48,55)(H,49,58)(H,50,56)(H,51,59)(H,52,60)(H,53,61)(H4,43,44,46)(H3,45,47,62)/t27-,28-,29-,30-,31-/m0/s1. The highest BCUT2D eigenvalue weighted by Gasteiger charge is 2.31. The van der Waals surface area contributed by atoms with Crippen LogP contribution in [-0.2, 0) is 46.4 Å². The number of phenolic OH excluding ortho intramolecular Hbond substituents is 1. The number of hydrogen-bond donors (Lipinski definition) is 14. The first-order chi connectivity index (χ1) is 29.3. The average Bonchev–Trinajstić information content (AvgIpc) is 3.21. The van der Waals surface area contributed by atoms with Crippen molar-refractivity contribution in [1.82, 2.24) is 42.5 Å². The van der Waals surface area contributed by atoms with Gasteiger partial charge in [-0.2, -0.15) is 0 Å². The highest BCUT2D eigenvalue weighted by molar-refractivity contribution is 5.96. The fraction of sp³-hybridized carbons (Fsp3) is 0.475. The van der Waals surface area contributed by atoms with Crippen molar-refractivity contribution >= 4 is 53.3 Å². The van der Waals surface area contributed by atoms with Crippen molar-refractivity contribution in [3.63, 3.8) is 0 Å². The summed E-state index contributed by atoms with van der Waals surface area (Å²) in [5.74, 6) is -5.55. The summed E-state index contributed by atoms with van der Waals surface area (Å²) >= 11 is 0. The first-order valence-electron chi connectivity index (χ1n) is 20.1. The minimum atomic E-state index is -1.26. The van der Waals surface area contributed by atoms with Crippen LogP contribution in [-0.4, -0.2) is 115 Å². The number of urea groups is 1. The Morgan fingerprint density at radius 2 is 1.13 bits per heavy atom. The van der Waals surface area contributed by atoms with Crippen molar-refractivity contribution in [2.75, 3.05) is 26.2 Å². The molecule has 2 aromatic rings. The van der Waals surface area contributed by atoms with E-state index in [0.717, 1.165) is 0 Å². The van der Waals surface area contributed by atoms with Crippen LogP contribution in [0.3, 0.4) is 0 Å². The molecule has 9 amide bonds. The molecule has 5 atom stereocenters. The minimum Gasteiger partial charge on any atom is -0.508 e. The van der Waals surface area contributed by atoms with Crippen LogP contribution in [0.15, 0.2) is 54.6 Å². The third-order valence-electron chi connectivity index (χ3n) is 9.12. The number of benzene rings is 2. The molecule has 0 aliphatic carbocycles. The van der Waals surface area contributed by atoms with E-state index in [0.29, 0.717) is 17.5 Å². The Hall–Kier alpha value is -6.97. The fourth-order valence-electron chi connectivity index (χ4n) is 5.94. The summed E-state index contributed by atoms with van der Waals surface area (Å²) in [4.78, 5) is 103. The summed E-state index contributed by atoms with van der Waals surface area (Å²) in [6.07, 6.45) is 0.790. The van der Waals surface area contributed by atoms with E-state index in [4.69, 9.17) is 28.3 Å². The molecule has 0 saturated heterocycles. The Bertz CT molecular complexity index is 1830. The van der Waals surface area contributed by atoms with Crippen LogP contribution in [0.4, 0.5) is 4.79 Å². The van der Waals surface area contributed by atoms with Crippen LogP contribution in [0.2, 0.25) is 0 Å². The number of aromatic hydroxyl groups is 1. The molecular formula is C40H61N13O9. The summed E-state index contributed by atoms with van der Waals surface area (Å²) in [5, 5.41) is 37.0. The number of guanidine groups is 1. The van der Waals surface area contributed by atoms with Gasteiger partial charge in [-0.15, -0.1) is 0 Å². The van der Waals surface area contributed by atoms with Gasteiger partial charge in [-0.05, 0) is 67.7 Å². The van der Waals surface area contributed by atoms with Gasteiger partial charge in [0.1, 0.15) is 29.9 Å². The zero-order valence-corrected chi connectivity index (χ0v) is 35.0. The number of rotatable bonds is 27. The molecule has 62 heavy (non-hydrogen) atoms. The predicted molar refractivity (Wildman–Crippen MR) is 228 cm³/mol. The second-order valence-electron chi connectivity index (χ2n) is 14.9. The first kappa shape index (κ1) is 51.2. The number of amides is 9. The molecular weight excluding hydrogens is 807 g/mol. The normalized spacial score (nSPS) is 13.2. The van der Waals surface area contributed by atoms with Crippen LogP contribution in [0.1, 0.15) is 57.1 Å². The van der Waals surface area contributed by atoms with E-state index in [2.05, 4.69) is 42.5 Å². The number of phenols is 1. The molecule has 0 saturated carbocycles. The van der Waals surface area contributed by atoms with Crippen molar-refractivity contribution in [1.29, 1.82) is 5.41 Å². The van der Waals surface area contributed by atoms with Gasteiger partial charge in [0.05, 0.1) is 19.1 Å². The zero-order chi connectivity index (χ0) is 46.2. The molecule has 0 fully saturated rings. The van der Waals surface area contributed by atoms with Gasteiger partial charge in [-0.25, -0.2) is 4.79 Å². The lowest BCUT2D eigenvalue weighted by Gasteiger charge is -2.27. The van der Waals surface area contributed by atoms with Gasteiger partial charge in [0.2, 0.25) is 41.4 Å². The van der Waals surface area contributed by atoms with Gasteiger partial charge in [-0.3, -0.25) is 39.0 Å². The number of primary amides is 2. The van der Waals surface area contributed by atoms with Crippen molar-refractivity contribution in [2.24, 2.45) is 28.9 Å². The highest BCUT2D eigenvalue weighted by atomic mass is 16.3. The summed E-state index contributed by atoms with van der Waals surface area (Å²) in [6, 6.07) is 8.19. The van der Waals surface area contributed by atoms with E-state index >= 15 is 0 Å². The second kappa shape index (κ2) is 27.0. The monoisotopic (exact) mass is 867 g/mol. The van der Waals surface area contributed by atoms with E-state index in [1.807, 2.05) is 13.8 Å². The Morgan fingerprint density at radius 1 is 0.597 bits per heavy atom. The van der Waals surface area contributed by atoms with Crippen LogP contribution in [0.5, 0.6) is 5.75 Å². The summed E-state index contributed by atoms with van der Waals surface area (Å²) in [5.41, 5.74) is 23.3. The largest absolute Gasteiger partial charge is 0.508 e. The van der Waals surface area contributed by atoms with Crippen LogP contribution in [0, 0.1) is 11.3 Å². The highest BCUT2D eigenvalue weighted by Crippen LogP contribution is 2.12. The quantitative estimate of drug-likeness (QED) is 0.0242. The Balaban J connectivity index is 2.15. The predicted octanol–water partition coefficient (Wildman–Crippen LogP) is -3.08. The molecule has 0 unspecified atom stereocenters. The van der Waals surface area contributed by atoms with Crippen LogP contribution >= 0.6 is 0 Å². The third kappa shape index (κ3) is 20.8. The van der Waals surface area contributed by atoms with Crippen LogP contribution < -0.4 is 65.5 Å². The molecule has 22 nitrogen and oxygen atoms in total. The van der Waals surface area contributed by atoms with E-state index in [9.17, 15) is 43.5 Å². The lowest BCUT2D eigenvalue weighted by molar-refractivity contribution is -0.134. The van der Waals surface area contributed by atoms with Gasteiger partial charge in [0.25, 0.3) is 0 Å². The Morgan fingerprint density at radius 3 is 1.73 bits per heavy atom. The SMILES string of the molecule is CC(C)C[C@H](NC(=O)[C@H](Cc1ccccc1)NC(=O)CNC(=O)CNC(=O)[C@@H](N)Cc1ccc(O)cc1)C(=O)N[C@@H](CCCNC(N)=O)C(=O)N[C@@H](CCCNC(=N)N)C(N)=O. The van der Waals surface area contributed by atoms with Gasteiger partial charge in [-0.1, -0.05) is 56.3 Å². The van der Waals surface area contributed by atoms with E-state index < -0.39 is 90.7 Å². The molecule has 0 heterocycles. The molecule has 22 heteroatoms. The first-order valence-corrected chi connectivity index (χ1v) is 20.1. The summed E-state index contributed by atoms with van der Waals surface area (Å²) in [6.45, 7) is 2.85. The number of nitrogens with two attached hydrogens (primary N) is 4. The minimum absolute atomic E-state index is 0.00824. The topological polar surface area (TPSA) is 381 Å². The molecule has 340 valence electrons. The van der Waals surface area contributed by atoms with Gasteiger partial charge in [0, 0.05) is 19.5 Å². The maximum Gasteiger partial charge on any atom is 0.312 e. The lowest BCUT2D eigenvalue weighted by atomic mass is 10.00. The fourth-order valence-corrected chi connectivity index (χ4v) is 5.94. The van der Waals surface area contributed by atoms with Crippen molar-refractivity contribution in [2.45, 2.75) is 89.0 Å². The van der Waals surface area contributed by atoms with Crippen LogP contribution in [0.25, 0.3) is 0 Å². The van der Waals surface area contributed by atoms with Crippen molar-refractivity contribution in [3.8, 4) is 5.75 Å². The van der Waals surface area contributed by atoms with E-state index in [1.165, 1.54) is 12.1 Å². The number of carbonyl (C=O) groups is 8. The molecule has 0 aliphatic rings. The van der Waals surface area contributed by atoms with Gasteiger partial charge < -0.3 is 70.6 Å². The Kier molecular flexibility index (Phi) is 22.3. The molecule has 0 radical (unpaired) electrons. The Labute approximate surface area is 359 Å². The maximum absolute atomic E-state index is 13.9. The second-order valence-corrected chi connectivity index (χ2v) is 14.9. The molecule has 0 spiro atoms. The molecule has 0 aliphatic heterocycles. The molecule has 2 rings (SSSR count). The lowest BCUT2D eigenvalue weighted by Crippen LogP contribution is -2.59. The van der Waals surface area contributed by atoms with Gasteiger partial charge in [0.15, 0.2) is 5.96 Å². The third-order valence-corrected chi connectivity index (χ3v) is 9.12. The molecule has 0 aromatic heterocycles. The van der Waals surface area contributed by atoms with Crippen molar-refractivity contribution < 1.29 is 43.5 Å².